The number of ether oxygens (including phenoxy) is 3. The molecular weight excluding hydrogens is 415 g/mol. The Morgan fingerprint density at radius 3 is 2.77 bits per heavy atom. The molecule has 1 aromatic carbocycles. The Balaban J connectivity index is 1.53. The van der Waals surface area contributed by atoms with Crippen LogP contribution in [0.15, 0.2) is 42.6 Å². The quantitative estimate of drug-likeness (QED) is 0.605. The predicted octanol–water partition coefficient (Wildman–Crippen LogP) is 3.25. The lowest BCUT2D eigenvalue weighted by molar-refractivity contribution is -0.141. The van der Waals surface area contributed by atoms with E-state index in [0.29, 0.717) is 25.5 Å². The van der Waals surface area contributed by atoms with E-state index in [1.54, 1.807) is 25.3 Å². The standard InChI is InChI=1S/C21H24F3N3O4/c1-29-9-10-30-14-20(28)26-15-7-8-27(13-15)16-3-2-4-17(11-16)31-18-5-6-19(25-12-18)21(22,23)24/h2-6,11-12,15H,7-10,13-14H2,1H3,(H,26,28)/t15-/m0/s1. The number of nitrogens with one attached hydrogen (secondary N) is 1. The summed E-state index contributed by atoms with van der Waals surface area (Å²) in [7, 11) is 1.57. The van der Waals surface area contributed by atoms with Crippen molar-refractivity contribution in [3.63, 3.8) is 0 Å². The number of rotatable bonds is 9. The van der Waals surface area contributed by atoms with E-state index in [-0.39, 0.29) is 24.3 Å². The van der Waals surface area contributed by atoms with Crippen LogP contribution in [0.4, 0.5) is 18.9 Å². The number of alkyl halides is 3. The topological polar surface area (TPSA) is 72.9 Å². The number of aromatic nitrogens is 1. The van der Waals surface area contributed by atoms with Crippen LogP contribution >= 0.6 is 0 Å². The van der Waals surface area contributed by atoms with E-state index in [2.05, 4.69) is 15.2 Å². The van der Waals surface area contributed by atoms with Gasteiger partial charge in [-0.1, -0.05) is 6.07 Å². The number of nitrogens with zero attached hydrogens (tertiary/aromatic N) is 2. The summed E-state index contributed by atoms with van der Waals surface area (Å²) in [6, 6.07) is 9.35. The second kappa shape index (κ2) is 10.5. The van der Waals surface area contributed by atoms with E-state index >= 15 is 0 Å². The third-order valence-electron chi connectivity index (χ3n) is 4.66. The van der Waals surface area contributed by atoms with Gasteiger partial charge in [-0.05, 0) is 30.7 Å². The zero-order chi connectivity index (χ0) is 22.3. The normalized spacial score (nSPS) is 16.4. The second-order valence-corrected chi connectivity index (χ2v) is 7.02. The summed E-state index contributed by atoms with van der Waals surface area (Å²) in [5.41, 5.74) is -0.0756. The molecule has 168 valence electrons. The van der Waals surface area contributed by atoms with Crippen LogP contribution in [0.2, 0.25) is 0 Å². The largest absolute Gasteiger partial charge is 0.456 e. The zero-order valence-corrected chi connectivity index (χ0v) is 17.0. The number of halogens is 3. The highest BCUT2D eigenvalue weighted by molar-refractivity contribution is 5.77. The molecule has 1 atom stereocenters. The Kier molecular flexibility index (Phi) is 7.69. The molecule has 31 heavy (non-hydrogen) atoms. The summed E-state index contributed by atoms with van der Waals surface area (Å²) in [6.45, 7) is 2.17. The molecule has 1 amide bonds. The lowest BCUT2D eigenvalue weighted by Gasteiger charge is -2.20. The number of pyridine rings is 1. The first-order valence-corrected chi connectivity index (χ1v) is 9.77. The van der Waals surface area contributed by atoms with Crippen molar-refractivity contribution in [2.75, 3.05) is 44.9 Å². The first kappa shape index (κ1) is 22.8. The van der Waals surface area contributed by atoms with Gasteiger partial charge in [0.15, 0.2) is 0 Å². The van der Waals surface area contributed by atoms with Gasteiger partial charge in [-0.2, -0.15) is 13.2 Å². The smallest absolute Gasteiger partial charge is 0.433 e. The number of anilines is 1. The highest BCUT2D eigenvalue weighted by atomic mass is 19.4. The van der Waals surface area contributed by atoms with Crippen molar-refractivity contribution in [3.8, 4) is 11.5 Å². The molecule has 10 heteroatoms. The molecule has 1 N–H and O–H groups in total. The third-order valence-corrected chi connectivity index (χ3v) is 4.66. The molecule has 2 heterocycles. The molecule has 1 fully saturated rings. The maximum atomic E-state index is 12.6. The number of benzene rings is 1. The Labute approximate surface area is 178 Å². The molecule has 0 bridgehead atoms. The molecule has 3 rings (SSSR count). The molecule has 0 saturated carbocycles. The molecule has 7 nitrogen and oxygen atoms in total. The van der Waals surface area contributed by atoms with Crippen LogP contribution in [-0.2, 0) is 20.4 Å². The molecule has 2 aromatic rings. The van der Waals surface area contributed by atoms with Gasteiger partial charge >= 0.3 is 6.18 Å². The number of amides is 1. The number of hydrogen-bond donors (Lipinski definition) is 1. The number of carbonyl (C=O) groups excluding carboxylic acids is 1. The minimum Gasteiger partial charge on any atom is -0.456 e. The molecule has 0 spiro atoms. The van der Waals surface area contributed by atoms with Crippen LogP contribution in [0.1, 0.15) is 12.1 Å². The van der Waals surface area contributed by atoms with Crippen molar-refractivity contribution in [1.29, 1.82) is 0 Å². The summed E-state index contributed by atoms with van der Waals surface area (Å²) < 4.78 is 53.6. The number of carbonyl (C=O) groups is 1. The van der Waals surface area contributed by atoms with Crippen LogP contribution in [0, 0.1) is 0 Å². The van der Waals surface area contributed by atoms with E-state index in [4.69, 9.17) is 14.2 Å². The maximum Gasteiger partial charge on any atom is 0.433 e. The summed E-state index contributed by atoms with van der Waals surface area (Å²) in [5.74, 6) is 0.526. The highest BCUT2D eigenvalue weighted by Crippen LogP contribution is 2.31. The van der Waals surface area contributed by atoms with Crippen LogP contribution in [0.25, 0.3) is 0 Å². The highest BCUT2D eigenvalue weighted by Gasteiger charge is 2.32. The molecular formula is C21H24F3N3O4. The van der Waals surface area contributed by atoms with Gasteiger partial charge in [0.25, 0.3) is 0 Å². The predicted molar refractivity (Wildman–Crippen MR) is 107 cm³/mol. The number of hydrogen-bond acceptors (Lipinski definition) is 6. The average molecular weight is 439 g/mol. The van der Waals surface area contributed by atoms with E-state index < -0.39 is 11.9 Å². The van der Waals surface area contributed by atoms with Crippen molar-refractivity contribution in [3.05, 3.63) is 48.3 Å². The fourth-order valence-corrected chi connectivity index (χ4v) is 3.18. The molecule has 0 aliphatic carbocycles. The minimum atomic E-state index is -4.49. The van der Waals surface area contributed by atoms with Gasteiger partial charge in [-0.3, -0.25) is 4.79 Å². The van der Waals surface area contributed by atoms with Crippen molar-refractivity contribution in [1.82, 2.24) is 10.3 Å². The maximum absolute atomic E-state index is 12.6. The van der Waals surface area contributed by atoms with Crippen molar-refractivity contribution in [2.24, 2.45) is 0 Å². The Morgan fingerprint density at radius 1 is 1.23 bits per heavy atom. The molecule has 0 radical (unpaired) electrons. The lowest BCUT2D eigenvalue weighted by Crippen LogP contribution is -2.39. The van der Waals surface area contributed by atoms with Gasteiger partial charge in [-0.25, -0.2) is 4.98 Å². The first-order chi connectivity index (χ1) is 14.8. The average Bonchev–Trinajstić information content (AvgIpc) is 3.20. The molecule has 0 unspecified atom stereocenters. The van der Waals surface area contributed by atoms with E-state index in [1.807, 2.05) is 6.07 Å². The Morgan fingerprint density at radius 2 is 2.06 bits per heavy atom. The van der Waals surface area contributed by atoms with E-state index in [9.17, 15) is 18.0 Å². The Bertz CT molecular complexity index is 862. The summed E-state index contributed by atoms with van der Waals surface area (Å²) in [5, 5.41) is 2.95. The lowest BCUT2D eigenvalue weighted by atomic mass is 10.2. The van der Waals surface area contributed by atoms with Crippen LogP contribution in [0.5, 0.6) is 11.5 Å². The first-order valence-electron chi connectivity index (χ1n) is 9.77. The van der Waals surface area contributed by atoms with Crippen LogP contribution in [-0.4, -0.2) is 57.0 Å². The van der Waals surface area contributed by atoms with Gasteiger partial charge in [-0.15, -0.1) is 0 Å². The fourth-order valence-electron chi connectivity index (χ4n) is 3.18. The molecule has 1 saturated heterocycles. The van der Waals surface area contributed by atoms with Gasteiger partial charge in [0.1, 0.15) is 23.8 Å². The third kappa shape index (κ3) is 6.83. The van der Waals surface area contributed by atoms with Crippen molar-refractivity contribution in [2.45, 2.75) is 18.6 Å². The van der Waals surface area contributed by atoms with Crippen molar-refractivity contribution < 1.29 is 32.2 Å². The van der Waals surface area contributed by atoms with Crippen LogP contribution in [0.3, 0.4) is 0 Å². The van der Waals surface area contributed by atoms with Gasteiger partial charge in [0.2, 0.25) is 5.91 Å². The van der Waals surface area contributed by atoms with E-state index in [1.165, 1.54) is 6.07 Å². The van der Waals surface area contributed by atoms with Gasteiger partial charge < -0.3 is 24.4 Å². The minimum absolute atomic E-state index is 0.00205. The summed E-state index contributed by atoms with van der Waals surface area (Å²) in [6.07, 6.45) is -2.65. The van der Waals surface area contributed by atoms with Crippen LogP contribution < -0.4 is 15.0 Å². The molecule has 1 aliphatic heterocycles. The monoisotopic (exact) mass is 439 g/mol. The van der Waals surface area contributed by atoms with Gasteiger partial charge in [0.05, 0.1) is 19.4 Å². The Hall–Kier alpha value is -2.85. The summed E-state index contributed by atoms with van der Waals surface area (Å²) in [4.78, 5) is 17.5. The number of methoxy groups -OCH3 is 1. The van der Waals surface area contributed by atoms with Crippen molar-refractivity contribution >= 4 is 11.6 Å². The second-order valence-electron chi connectivity index (χ2n) is 7.02. The summed E-state index contributed by atoms with van der Waals surface area (Å²) >= 11 is 0. The van der Waals surface area contributed by atoms with Gasteiger partial charge in [0, 0.05) is 38.0 Å². The molecule has 1 aromatic heterocycles. The molecule has 1 aliphatic rings. The van der Waals surface area contributed by atoms with E-state index in [0.717, 1.165) is 30.9 Å². The fraction of sp³-hybridized carbons (Fsp3) is 0.429. The SMILES string of the molecule is COCCOCC(=O)N[C@H]1CCN(c2cccc(Oc3ccc(C(F)(F)F)nc3)c2)C1. The zero-order valence-electron chi connectivity index (χ0n) is 17.0.